The van der Waals surface area contributed by atoms with Crippen molar-refractivity contribution in [3.8, 4) is 0 Å². The number of hydrogen-bond acceptors (Lipinski definition) is 8. The molecule has 0 spiro atoms. The van der Waals surface area contributed by atoms with Crippen LogP contribution in [0.1, 0.15) is 233 Å². The summed E-state index contributed by atoms with van der Waals surface area (Å²) in [5.41, 5.74) is 6.76. The molecular formula is C47H100N4O4. The van der Waals surface area contributed by atoms with Gasteiger partial charge in [0.15, 0.2) is 12.6 Å². The van der Waals surface area contributed by atoms with Crippen LogP contribution in [0.5, 0.6) is 0 Å². The van der Waals surface area contributed by atoms with Crippen LogP contribution in [-0.2, 0) is 18.9 Å². The first-order valence-corrected chi connectivity index (χ1v) is 24.6. The van der Waals surface area contributed by atoms with Crippen molar-refractivity contribution in [2.45, 2.75) is 246 Å². The van der Waals surface area contributed by atoms with Crippen LogP contribution in [0.2, 0.25) is 0 Å². The summed E-state index contributed by atoms with van der Waals surface area (Å²) in [6.45, 7) is 17.2. The normalized spacial score (nSPS) is 11.9. The minimum Gasteiger partial charge on any atom is -0.353 e. The Balaban J connectivity index is 3.86. The van der Waals surface area contributed by atoms with Crippen molar-refractivity contribution in [2.75, 3.05) is 59.3 Å². The smallest absolute Gasteiger partial charge is 0.157 e. The predicted octanol–water partition coefficient (Wildman–Crippen LogP) is 12.5. The maximum Gasteiger partial charge on any atom is 0.157 e. The van der Waals surface area contributed by atoms with Gasteiger partial charge < -0.3 is 29.6 Å². The van der Waals surface area contributed by atoms with E-state index in [-0.39, 0.29) is 12.6 Å². The van der Waals surface area contributed by atoms with Crippen molar-refractivity contribution in [1.29, 1.82) is 0 Å². The lowest BCUT2D eigenvalue weighted by Crippen LogP contribution is -2.40. The first-order chi connectivity index (χ1) is 27.3. The van der Waals surface area contributed by atoms with E-state index in [2.05, 4.69) is 49.2 Å². The third kappa shape index (κ3) is 46.2. The highest BCUT2D eigenvalue weighted by molar-refractivity contribution is 4.56. The molecule has 0 rings (SSSR count). The van der Waals surface area contributed by atoms with E-state index in [9.17, 15) is 0 Å². The molecule has 0 saturated carbocycles. The standard InChI is InChI=1S/C47H100N4O4/c1-5-9-13-17-21-31-41-52-46(53-42-32-22-18-14-10-6-2)35-27-25-29-37-48-45-49-39-40-51-50-38-30-26-28-36-47(54-43-33-23-19-15-11-7-3)55-44-34-24-20-16-12-8-4/h46-51H,5-45H2,1-4H3. The maximum absolute atomic E-state index is 6.21. The van der Waals surface area contributed by atoms with Gasteiger partial charge in [-0.15, -0.1) is 0 Å². The maximum atomic E-state index is 6.21. The van der Waals surface area contributed by atoms with Crippen LogP contribution >= 0.6 is 0 Å². The van der Waals surface area contributed by atoms with Gasteiger partial charge in [0.25, 0.3) is 0 Å². The minimum absolute atomic E-state index is 0.0207. The Labute approximate surface area is 344 Å². The molecule has 0 aromatic carbocycles. The van der Waals surface area contributed by atoms with Gasteiger partial charge in [-0.05, 0) is 70.8 Å². The largest absolute Gasteiger partial charge is 0.353 e. The molecule has 8 nitrogen and oxygen atoms in total. The van der Waals surface area contributed by atoms with E-state index >= 15 is 0 Å². The molecule has 0 heterocycles. The van der Waals surface area contributed by atoms with Crippen molar-refractivity contribution < 1.29 is 18.9 Å². The van der Waals surface area contributed by atoms with Crippen molar-refractivity contribution in [3.63, 3.8) is 0 Å². The van der Waals surface area contributed by atoms with Gasteiger partial charge in [0.1, 0.15) is 0 Å². The summed E-state index contributed by atoms with van der Waals surface area (Å²) in [7, 11) is 0. The molecule has 8 heteroatoms. The van der Waals surface area contributed by atoms with Crippen LogP contribution in [0.25, 0.3) is 0 Å². The second-order valence-electron chi connectivity index (χ2n) is 16.1. The van der Waals surface area contributed by atoms with E-state index < -0.39 is 0 Å². The van der Waals surface area contributed by atoms with E-state index in [0.717, 1.165) is 104 Å². The molecule has 0 aliphatic rings. The highest BCUT2D eigenvalue weighted by Gasteiger charge is 2.11. The lowest BCUT2D eigenvalue weighted by atomic mass is 10.1. The molecule has 4 N–H and O–H groups in total. The summed E-state index contributed by atoms with van der Waals surface area (Å²) in [5.74, 6) is 0. The van der Waals surface area contributed by atoms with Gasteiger partial charge in [0.2, 0.25) is 0 Å². The number of hydrazine groups is 1. The van der Waals surface area contributed by atoms with Crippen molar-refractivity contribution in [3.05, 3.63) is 0 Å². The van der Waals surface area contributed by atoms with Gasteiger partial charge in [0, 0.05) is 52.7 Å². The number of rotatable bonds is 50. The lowest BCUT2D eigenvalue weighted by Gasteiger charge is -2.19. The van der Waals surface area contributed by atoms with Crippen molar-refractivity contribution >= 4 is 0 Å². The van der Waals surface area contributed by atoms with Crippen molar-refractivity contribution in [1.82, 2.24) is 21.5 Å². The molecule has 0 unspecified atom stereocenters. The van der Waals surface area contributed by atoms with Crippen LogP contribution in [-0.4, -0.2) is 71.9 Å². The summed E-state index contributed by atoms with van der Waals surface area (Å²) in [6, 6.07) is 0. The molecular weight excluding hydrogens is 685 g/mol. The molecule has 0 saturated heterocycles. The van der Waals surface area contributed by atoms with Gasteiger partial charge in [-0.3, -0.25) is 10.9 Å². The topological polar surface area (TPSA) is 85.0 Å². The van der Waals surface area contributed by atoms with E-state index in [1.165, 1.54) is 161 Å². The second-order valence-corrected chi connectivity index (χ2v) is 16.1. The zero-order valence-corrected chi connectivity index (χ0v) is 37.8. The third-order valence-corrected chi connectivity index (χ3v) is 10.5. The predicted molar refractivity (Wildman–Crippen MR) is 239 cm³/mol. The zero-order chi connectivity index (χ0) is 39.8. The van der Waals surface area contributed by atoms with E-state index in [4.69, 9.17) is 18.9 Å². The van der Waals surface area contributed by atoms with Gasteiger partial charge in [0.05, 0.1) is 0 Å². The number of nitrogens with one attached hydrogen (secondary N) is 4. The van der Waals surface area contributed by atoms with Crippen LogP contribution < -0.4 is 21.5 Å². The van der Waals surface area contributed by atoms with E-state index in [1.54, 1.807) is 0 Å². The Hall–Kier alpha value is -0.320. The van der Waals surface area contributed by atoms with Crippen LogP contribution in [0.3, 0.4) is 0 Å². The van der Waals surface area contributed by atoms with E-state index in [1.807, 2.05) is 0 Å². The summed E-state index contributed by atoms with van der Waals surface area (Å²) in [5, 5.41) is 7.04. The molecule has 0 aliphatic heterocycles. The molecule has 0 radical (unpaired) electrons. The first-order valence-electron chi connectivity index (χ1n) is 24.6. The molecule has 0 fully saturated rings. The van der Waals surface area contributed by atoms with Gasteiger partial charge >= 0.3 is 0 Å². The SMILES string of the molecule is CCCCCCCCOC(CCCCCNCNCCNNCCCCCC(OCCCCCCCC)OCCCCCCCC)OCCCCCCCC. The van der Waals surface area contributed by atoms with E-state index in [0.29, 0.717) is 0 Å². The Kier molecular flexibility index (Phi) is 49.5. The molecule has 332 valence electrons. The molecule has 0 amide bonds. The van der Waals surface area contributed by atoms with Crippen LogP contribution in [0, 0.1) is 0 Å². The van der Waals surface area contributed by atoms with Crippen LogP contribution in [0.15, 0.2) is 0 Å². The summed E-state index contributed by atoms with van der Waals surface area (Å²) in [4.78, 5) is 0. The number of hydrogen-bond donors (Lipinski definition) is 4. The number of ether oxygens (including phenoxy) is 4. The Morgan fingerprint density at radius 1 is 0.291 bits per heavy atom. The fraction of sp³-hybridized carbons (Fsp3) is 1.00. The third-order valence-electron chi connectivity index (χ3n) is 10.5. The average molecular weight is 785 g/mol. The van der Waals surface area contributed by atoms with Gasteiger partial charge in [-0.2, -0.15) is 0 Å². The highest BCUT2D eigenvalue weighted by atomic mass is 16.7. The first kappa shape index (κ1) is 54.7. The molecule has 55 heavy (non-hydrogen) atoms. The second kappa shape index (κ2) is 49.8. The van der Waals surface area contributed by atoms with Crippen molar-refractivity contribution in [2.24, 2.45) is 0 Å². The monoisotopic (exact) mass is 785 g/mol. The van der Waals surface area contributed by atoms with Gasteiger partial charge in [-0.1, -0.05) is 169 Å². The molecule has 0 atom stereocenters. The Bertz CT molecular complexity index is 587. The number of unbranched alkanes of at least 4 members (excludes halogenated alkanes) is 24. The van der Waals surface area contributed by atoms with Crippen LogP contribution in [0.4, 0.5) is 0 Å². The summed E-state index contributed by atoms with van der Waals surface area (Å²) in [6.07, 6.45) is 40.3. The molecule has 0 aromatic heterocycles. The quantitative estimate of drug-likeness (QED) is 0.0276. The Morgan fingerprint density at radius 2 is 0.600 bits per heavy atom. The molecule has 0 aromatic rings. The minimum atomic E-state index is -0.0253. The highest BCUT2D eigenvalue weighted by Crippen LogP contribution is 2.14. The average Bonchev–Trinajstić information content (AvgIpc) is 3.19. The fourth-order valence-electron chi connectivity index (χ4n) is 6.85. The summed E-state index contributed by atoms with van der Waals surface area (Å²) >= 11 is 0. The van der Waals surface area contributed by atoms with Gasteiger partial charge in [-0.25, -0.2) is 0 Å². The fourth-order valence-corrected chi connectivity index (χ4v) is 6.85. The Morgan fingerprint density at radius 3 is 1.00 bits per heavy atom. The molecule has 0 aliphatic carbocycles. The summed E-state index contributed by atoms with van der Waals surface area (Å²) < 4.78 is 24.8. The zero-order valence-electron chi connectivity index (χ0n) is 37.8. The molecule has 0 bridgehead atoms. The lowest BCUT2D eigenvalue weighted by molar-refractivity contribution is -0.148.